The molecule has 0 spiro atoms. The molecule has 2 heteroatoms. The Morgan fingerprint density at radius 2 is 2.26 bits per heavy atom. The van der Waals surface area contributed by atoms with Gasteiger partial charge < -0.3 is 9.84 Å². The van der Waals surface area contributed by atoms with Crippen molar-refractivity contribution < 1.29 is 9.84 Å². The summed E-state index contributed by atoms with van der Waals surface area (Å²) < 4.78 is 5.71. The molecule has 4 rings (SSSR count). The molecule has 2 saturated carbocycles. The average Bonchev–Trinajstić information content (AvgIpc) is 2.86. The molecule has 124 valence electrons. The van der Waals surface area contributed by atoms with E-state index in [2.05, 4.69) is 31.7 Å². The number of aliphatic hydroxyl groups excluding tert-OH is 1. The SMILES string of the molecule is C=CCOc1ccc2c(c1)CC[C@H]1[C@@H]2CC[C@]2(C)C[C@@H](O)C[C@@H]12. The van der Waals surface area contributed by atoms with E-state index in [1.54, 1.807) is 11.6 Å². The van der Waals surface area contributed by atoms with Crippen LogP contribution < -0.4 is 4.74 Å². The standard InChI is InChI=1S/C21H28O2/c1-3-10-23-16-5-7-17-14(11-16)4-6-19-18(17)8-9-21(2)13-15(22)12-20(19)21/h3,5,7,11,15,18-20,22H,1,4,6,8-10,12-13H2,2H3/t15-,18+,19-,20-,21+/m0/s1. The average molecular weight is 312 g/mol. The van der Waals surface area contributed by atoms with Gasteiger partial charge in [-0.1, -0.05) is 25.6 Å². The minimum atomic E-state index is -0.0696. The maximum Gasteiger partial charge on any atom is 0.120 e. The third kappa shape index (κ3) is 2.52. The fourth-order valence-corrected chi connectivity index (χ4v) is 5.83. The largest absolute Gasteiger partial charge is 0.490 e. The Bertz CT molecular complexity index is 608. The van der Waals surface area contributed by atoms with Crippen LogP contribution in [0.5, 0.6) is 5.75 Å². The number of hydrogen-bond donors (Lipinski definition) is 1. The topological polar surface area (TPSA) is 29.5 Å². The predicted octanol–water partition coefficient (Wildman–Crippen LogP) is 4.47. The van der Waals surface area contributed by atoms with E-state index < -0.39 is 0 Å². The second-order valence-corrected chi connectivity index (χ2v) is 8.16. The van der Waals surface area contributed by atoms with E-state index in [0.717, 1.165) is 30.9 Å². The molecule has 0 radical (unpaired) electrons. The number of fused-ring (bicyclic) bond motifs is 5. The first-order chi connectivity index (χ1) is 11.1. The summed E-state index contributed by atoms with van der Waals surface area (Å²) >= 11 is 0. The predicted molar refractivity (Wildman–Crippen MR) is 92.8 cm³/mol. The smallest absolute Gasteiger partial charge is 0.120 e. The molecule has 1 aromatic rings. The summed E-state index contributed by atoms with van der Waals surface area (Å²) in [6.07, 6.45) is 8.74. The van der Waals surface area contributed by atoms with Crippen LogP contribution in [0.2, 0.25) is 0 Å². The van der Waals surface area contributed by atoms with Gasteiger partial charge in [0.25, 0.3) is 0 Å². The molecule has 1 N–H and O–H groups in total. The van der Waals surface area contributed by atoms with Gasteiger partial charge in [0.05, 0.1) is 6.10 Å². The number of benzene rings is 1. The minimum absolute atomic E-state index is 0.0696. The Hall–Kier alpha value is -1.28. The van der Waals surface area contributed by atoms with Crippen LogP contribution in [0.15, 0.2) is 30.9 Å². The van der Waals surface area contributed by atoms with Gasteiger partial charge in [-0.25, -0.2) is 0 Å². The molecule has 0 unspecified atom stereocenters. The summed E-state index contributed by atoms with van der Waals surface area (Å²) in [6.45, 7) is 6.71. The van der Waals surface area contributed by atoms with Crippen LogP contribution in [0.3, 0.4) is 0 Å². The van der Waals surface area contributed by atoms with Crippen molar-refractivity contribution in [1.82, 2.24) is 0 Å². The monoisotopic (exact) mass is 312 g/mol. The highest BCUT2D eigenvalue weighted by Gasteiger charge is 2.52. The summed E-state index contributed by atoms with van der Waals surface area (Å²) in [6, 6.07) is 6.67. The van der Waals surface area contributed by atoms with Gasteiger partial charge in [0.1, 0.15) is 12.4 Å². The molecule has 0 bridgehead atoms. The maximum absolute atomic E-state index is 10.2. The van der Waals surface area contributed by atoms with Crippen molar-refractivity contribution in [1.29, 1.82) is 0 Å². The summed E-state index contributed by atoms with van der Waals surface area (Å²) in [5, 5.41) is 10.2. The lowest BCUT2D eigenvalue weighted by atomic mass is 9.56. The minimum Gasteiger partial charge on any atom is -0.490 e. The molecule has 23 heavy (non-hydrogen) atoms. The summed E-state index contributed by atoms with van der Waals surface area (Å²) in [5.41, 5.74) is 3.41. The van der Waals surface area contributed by atoms with Crippen molar-refractivity contribution >= 4 is 0 Å². The van der Waals surface area contributed by atoms with Crippen molar-refractivity contribution in [3.8, 4) is 5.75 Å². The molecule has 0 aromatic heterocycles. The quantitative estimate of drug-likeness (QED) is 0.835. The molecular formula is C21H28O2. The van der Waals surface area contributed by atoms with Gasteiger partial charge in [-0.15, -0.1) is 0 Å². The Kier molecular flexibility index (Phi) is 3.76. The molecule has 0 saturated heterocycles. The van der Waals surface area contributed by atoms with Crippen LogP contribution in [-0.4, -0.2) is 17.8 Å². The van der Waals surface area contributed by atoms with Crippen molar-refractivity contribution in [2.24, 2.45) is 17.3 Å². The third-order valence-corrected chi connectivity index (χ3v) is 6.81. The van der Waals surface area contributed by atoms with Gasteiger partial charge in [0.2, 0.25) is 0 Å². The first kappa shape index (κ1) is 15.3. The molecule has 2 fully saturated rings. The Labute approximate surface area is 139 Å². The molecule has 0 aliphatic heterocycles. The number of aryl methyl sites for hydroxylation is 1. The van der Waals surface area contributed by atoms with Gasteiger partial charge in [0.15, 0.2) is 0 Å². The third-order valence-electron chi connectivity index (χ3n) is 6.81. The van der Waals surface area contributed by atoms with Crippen LogP contribution in [0, 0.1) is 17.3 Å². The molecule has 3 aliphatic carbocycles. The zero-order valence-corrected chi connectivity index (χ0v) is 14.1. The van der Waals surface area contributed by atoms with Crippen molar-refractivity contribution in [2.45, 2.75) is 57.5 Å². The summed E-state index contributed by atoms with van der Waals surface area (Å²) in [4.78, 5) is 0. The van der Waals surface area contributed by atoms with Crippen LogP contribution in [0.1, 0.15) is 56.1 Å². The van der Waals surface area contributed by atoms with Gasteiger partial charge in [0, 0.05) is 0 Å². The molecule has 2 nitrogen and oxygen atoms in total. The zero-order valence-electron chi connectivity index (χ0n) is 14.1. The van der Waals surface area contributed by atoms with E-state index >= 15 is 0 Å². The van der Waals surface area contributed by atoms with Gasteiger partial charge in [-0.3, -0.25) is 0 Å². The van der Waals surface area contributed by atoms with Crippen LogP contribution in [0.25, 0.3) is 0 Å². The fraction of sp³-hybridized carbons (Fsp3) is 0.619. The van der Waals surface area contributed by atoms with E-state index in [4.69, 9.17) is 4.74 Å². The first-order valence-corrected chi connectivity index (χ1v) is 9.15. The lowest BCUT2D eigenvalue weighted by Gasteiger charge is -2.49. The van der Waals surface area contributed by atoms with Gasteiger partial charge in [-0.2, -0.15) is 0 Å². The van der Waals surface area contributed by atoms with Crippen LogP contribution in [0.4, 0.5) is 0 Å². The second kappa shape index (κ2) is 5.66. The molecule has 5 atom stereocenters. The summed E-state index contributed by atoms with van der Waals surface area (Å²) in [5.74, 6) is 3.13. The fourth-order valence-electron chi connectivity index (χ4n) is 5.83. The molecule has 3 aliphatic rings. The maximum atomic E-state index is 10.2. The molecule has 0 amide bonds. The summed E-state index contributed by atoms with van der Waals surface area (Å²) in [7, 11) is 0. The van der Waals surface area contributed by atoms with E-state index in [9.17, 15) is 5.11 Å². The van der Waals surface area contributed by atoms with E-state index in [1.807, 2.05) is 0 Å². The van der Waals surface area contributed by atoms with Crippen LogP contribution in [-0.2, 0) is 6.42 Å². The molecule has 0 heterocycles. The van der Waals surface area contributed by atoms with E-state index in [0.29, 0.717) is 23.9 Å². The van der Waals surface area contributed by atoms with Gasteiger partial charge in [-0.05, 0) is 85.0 Å². The lowest BCUT2D eigenvalue weighted by molar-refractivity contribution is 0.0595. The normalized spacial score (nSPS) is 38.3. The second-order valence-electron chi connectivity index (χ2n) is 8.16. The van der Waals surface area contributed by atoms with E-state index in [1.165, 1.54) is 24.8 Å². The van der Waals surface area contributed by atoms with Crippen molar-refractivity contribution in [3.05, 3.63) is 42.0 Å². The Balaban J connectivity index is 1.60. The van der Waals surface area contributed by atoms with Crippen LogP contribution >= 0.6 is 0 Å². The lowest BCUT2D eigenvalue weighted by Crippen LogP contribution is -2.39. The van der Waals surface area contributed by atoms with Crippen molar-refractivity contribution in [3.63, 3.8) is 0 Å². The number of hydrogen-bond acceptors (Lipinski definition) is 2. The molecular weight excluding hydrogens is 284 g/mol. The highest BCUT2D eigenvalue weighted by Crippen LogP contribution is 2.60. The zero-order chi connectivity index (χ0) is 16.0. The highest BCUT2D eigenvalue weighted by atomic mass is 16.5. The number of ether oxygens (including phenoxy) is 1. The number of rotatable bonds is 3. The Morgan fingerprint density at radius 1 is 1.39 bits per heavy atom. The van der Waals surface area contributed by atoms with E-state index in [-0.39, 0.29) is 6.10 Å². The highest BCUT2D eigenvalue weighted by molar-refractivity contribution is 5.40. The Morgan fingerprint density at radius 3 is 3.09 bits per heavy atom. The van der Waals surface area contributed by atoms with Gasteiger partial charge >= 0.3 is 0 Å². The molecule has 1 aromatic carbocycles. The van der Waals surface area contributed by atoms with Crippen molar-refractivity contribution in [2.75, 3.05) is 6.61 Å². The number of aliphatic hydroxyl groups is 1. The first-order valence-electron chi connectivity index (χ1n) is 9.15.